The van der Waals surface area contributed by atoms with E-state index in [-0.39, 0.29) is 0 Å². The SMILES string of the molecule is c1ccc(-n2c3cc(-n4c5ccccc5c5ccccc54)ccc3c3c2ccc2c4ccc(-n5c6ccccc6c6ccccc65)cc4n(-c4ccccc4)c23)cc1. The summed E-state index contributed by atoms with van der Waals surface area (Å²) in [5, 5.41) is 9.97. The number of aromatic nitrogens is 4. The number of fused-ring (bicyclic) bond motifs is 13. The highest BCUT2D eigenvalue weighted by atomic mass is 15.0. The van der Waals surface area contributed by atoms with Crippen molar-refractivity contribution >= 4 is 87.2 Å². The van der Waals surface area contributed by atoms with Crippen LogP contribution in [-0.2, 0) is 0 Å². The second-order valence-corrected chi connectivity index (χ2v) is 15.3. The third-order valence-electron chi connectivity index (χ3n) is 12.3. The molecule has 0 atom stereocenters. The van der Waals surface area contributed by atoms with Gasteiger partial charge >= 0.3 is 0 Å². The Kier molecular flexibility index (Phi) is 6.41. The molecule has 13 aromatic rings. The van der Waals surface area contributed by atoms with Crippen molar-refractivity contribution in [2.75, 3.05) is 0 Å². The molecule has 0 fully saturated rings. The summed E-state index contributed by atoms with van der Waals surface area (Å²) in [5.41, 5.74) is 14.1. The van der Waals surface area contributed by atoms with Gasteiger partial charge in [0.15, 0.2) is 0 Å². The number of nitrogens with zero attached hydrogens (tertiary/aromatic N) is 4. The summed E-state index contributed by atoms with van der Waals surface area (Å²) < 4.78 is 9.80. The van der Waals surface area contributed by atoms with Crippen LogP contribution < -0.4 is 0 Å². The predicted molar refractivity (Wildman–Crippen MR) is 244 cm³/mol. The Bertz CT molecular complexity index is 3680. The predicted octanol–water partition coefficient (Wildman–Crippen LogP) is 14.1. The van der Waals surface area contributed by atoms with Crippen LogP contribution in [0.5, 0.6) is 0 Å². The van der Waals surface area contributed by atoms with Gasteiger partial charge in [-0.05, 0) is 78.9 Å². The van der Waals surface area contributed by atoms with Crippen LogP contribution in [0, 0.1) is 0 Å². The molecule has 0 aliphatic rings. The second kappa shape index (κ2) is 11.8. The molecular formula is C54H34N4. The van der Waals surface area contributed by atoms with E-state index < -0.39 is 0 Å². The Balaban J connectivity index is 1.16. The van der Waals surface area contributed by atoms with Gasteiger partial charge in [0.25, 0.3) is 0 Å². The van der Waals surface area contributed by atoms with Crippen LogP contribution in [0.15, 0.2) is 206 Å². The van der Waals surface area contributed by atoms with Gasteiger partial charge in [-0.2, -0.15) is 0 Å². The van der Waals surface area contributed by atoms with Crippen molar-refractivity contribution in [3.8, 4) is 22.7 Å². The zero-order chi connectivity index (χ0) is 37.9. The minimum Gasteiger partial charge on any atom is -0.309 e. The van der Waals surface area contributed by atoms with Crippen molar-refractivity contribution in [1.82, 2.24) is 18.3 Å². The lowest BCUT2D eigenvalue weighted by Gasteiger charge is -2.12. The highest BCUT2D eigenvalue weighted by molar-refractivity contribution is 6.26. The maximum Gasteiger partial charge on any atom is 0.0641 e. The molecule has 0 bridgehead atoms. The van der Waals surface area contributed by atoms with Gasteiger partial charge in [0, 0.05) is 65.8 Å². The summed E-state index contributed by atoms with van der Waals surface area (Å²) >= 11 is 0. The molecule has 0 radical (unpaired) electrons. The maximum atomic E-state index is 2.50. The average molecular weight is 739 g/mol. The molecule has 270 valence electrons. The van der Waals surface area contributed by atoms with E-state index in [0.717, 1.165) is 22.7 Å². The Morgan fingerprint density at radius 2 is 0.569 bits per heavy atom. The topological polar surface area (TPSA) is 19.7 Å². The fraction of sp³-hybridized carbons (Fsp3) is 0. The van der Waals surface area contributed by atoms with Crippen LogP contribution in [0.3, 0.4) is 0 Å². The molecule has 13 rings (SSSR count). The largest absolute Gasteiger partial charge is 0.309 e. The summed E-state index contributed by atoms with van der Waals surface area (Å²) in [4.78, 5) is 0. The smallest absolute Gasteiger partial charge is 0.0641 e. The van der Waals surface area contributed by atoms with Gasteiger partial charge in [0.1, 0.15) is 0 Å². The lowest BCUT2D eigenvalue weighted by atomic mass is 10.1. The molecule has 4 nitrogen and oxygen atoms in total. The molecule has 58 heavy (non-hydrogen) atoms. The maximum absolute atomic E-state index is 2.50. The summed E-state index contributed by atoms with van der Waals surface area (Å²) in [6, 6.07) is 75.5. The van der Waals surface area contributed by atoms with Gasteiger partial charge in [-0.25, -0.2) is 0 Å². The number of benzene rings is 9. The van der Waals surface area contributed by atoms with Crippen molar-refractivity contribution < 1.29 is 0 Å². The molecule has 0 saturated carbocycles. The van der Waals surface area contributed by atoms with Gasteiger partial charge in [0.2, 0.25) is 0 Å². The van der Waals surface area contributed by atoms with Crippen LogP contribution >= 0.6 is 0 Å². The lowest BCUT2D eigenvalue weighted by molar-refractivity contribution is 1.15. The molecule has 4 heterocycles. The molecule has 0 spiro atoms. The third kappa shape index (κ3) is 4.23. The quantitative estimate of drug-likeness (QED) is 0.171. The van der Waals surface area contributed by atoms with Crippen molar-refractivity contribution in [1.29, 1.82) is 0 Å². The summed E-state index contributed by atoms with van der Waals surface area (Å²) in [6.45, 7) is 0. The molecule has 4 heteroatoms. The van der Waals surface area contributed by atoms with E-state index in [0.29, 0.717) is 0 Å². The number of rotatable bonds is 4. The Labute approximate surface area is 333 Å². The fourth-order valence-corrected chi connectivity index (χ4v) is 9.96. The first-order chi connectivity index (χ1) is 28.8. The van der Waals surface area contributed by atoms with Crippen LogP contribution in [0.1, 0.15) is 0 Å². The monoisotopic (exact) mass is 738 g/mol. The number of hydrogen-bond acceptors (Lipinski definition) is 0. The summed E-state index contributed by atoms with van der Waals surface area (Å²) in [5.74, 6) is 0. The zero-order valence-electron chi connectivity index (χ0n) is 31.4. The van der Waals surface area contributed by atoms with Gasteiger partial charge < -0.3 is 18.3 Å². The highest BCUT2D eigenvalue weighted by Gasteiger charge is 2.23. The van der Waals surface area contributed by atoms with Gasteiger partial charge in [0.05, 0.1) is 44.1 Å². The lowest BCUT2D eigenvalue weighted by Crippen LogP contribution is -1.97. The Morgan fingerprint density at radius 1 is 0.207 bits per heavy atom. The normalized spacial score (nSPS) is 12.1. The molecular weight excluding hydrogens is 705 g/mol. The fourth-order valence-electron chi connectivity index (χ4n) is 9.96. The van der Waals surface area contributed by atoms with Gasteiger partial charge in [-0.15, -0.1) is 0 Å². The van der Waals surface area contributed by atoms with E-state index in [1.807, 2.05) is 0 Å². The molecule has 0 aliphatic heterocycles. The number of hydrogen-bond donors (Lipinski definition) is 0. The second-order valence-electron chi connectivity index (χ2n) is 15.3. The van der Waals surface area contributed by atoms with E-state index in [2.05, 4.69) is 225 Å². The van der Waals surface area contributed by atoms with E-state index in [1.165, 1.54) is 87.2 Å². The average Bonchev–Trinajstić information content (AvgIpc) is 4.01. The van der Waals surface area contributed by atoms with Crippen molar-refractivity contribution in [3.05, 3.63) is 206 Å². The minimum absolute atomic E-state index is 1.14. The molecule has 9 aromatic carbocycles. The molecule has 0 amide bonds. The van der Waals surface area contributed by atoms with Crippen LogP contribution in [-0.4, -0.2) is 18.3 Å². The summed E-state index contributed by atoms with van der Waals surface area (Å²) in [7, 11) is 0. The van der Waals surface area contributed by atoms with Crippen LogP contribution in [0.25, 0.3) is 110 Å². The Hall–Kier alpha value is -7.82. The zero-order valence-corrected chi connectivity index (χ0v) is 31.4. The first-order valence-electron chi connectivity index (χ1n) is 20.0. The molecule has 0 saturated heterocycles. The standard InChI is InChI=1S/C54H34N4/c1-3-15-35(16-4-1)55-50-32-31-44-43-29-27-37(56-46-23-11-7-19-39(46)40-20-8-12-24-47(40)56)33-51(43)58(36-17-5-2-6-18-36)54(44)53(50)45-30-28-38(34-52(45)55)57-48-25-13-9-21-41(48)42-22-10-14-26-49(42)57/h1-34H. The minimum atomic E-state index is 1.14. The first-order valence-corrected chi connectivity index (χ1v) is 20.0. The van der Waals surface area contributed by atoms with Crippen LogP contribution in [0.4, 0.5) is 0 Å². The van der Waals surface area contributed by atoms with Crippen molar-refractivity contribution in [2.24, 2.45) is 0 Å². The highest BCUT2D eigenvalue weighted by Crippen LogP contribution is 2.44. The molecule has 0 unspecified atom stereocenters. The molecule has 0 aliphatic carbocycles. The van der Waals surface area contributed by atoms with E-state index in [4.69, 9.17) is 0 Å². The van der Waals surface area contributed by atoms with E-state index in [1.54, 1.807) is 0 Å². The molecule has 0 N–H and O–H groups in total. The number of para-hydroxylation sites is 6. The van der Waals surface area contributed by atoms with Crippen molar-refractivity contribution in [3.63, 3.8) is 0 Å². The Morgan fingerprint density at radius 3 is 1.07 bits per heavy atom. The van der Waals surface area contributed by atoms with Crippen molar-refractivity contribution in [2.45, 2.75) is 0 Å². The first kappa shape index (κ1) is 31.4. The van der Waals surface area contributed by atoms with Gasteiger partial charge in [-0.1, -0.05) is 127 Å². The molecule has 4 aromatic heterocycles. The van der Waals surface area contributed by atoms with E-state index in [9.17, 15) is 0 Å². The van der Waals surface area contributed by atoms with Crippen LogP contribution in [0.2, 0.25) is 0 Å². The third-order valence-corrected chi connectivity index (χ3v) is 12.3. The summed E-state index contributed by atoms with van der Waals surface area (Å²) in [6.07, 6.45) is 0. The van der Waals surface area contributed by atoms with E-state index >= 15 is 0 Å². The van der Waals surface area contributed by atoms with Gasteiger partial charge in [-0.3, -0.25) is 0 Å².